The highest BCUT2D eigenvalue weighted by Crippen LogP contribution is 2.47. The SMILES string of the molecule is Cc1ccc(CN2CCCC23CCN(C(=O)OC(C(F)(F)F)C(F)(F)F)CC3)c(OCC2(C(=O)N=O)CC2)c1. The lowest BCUT2D eigenvalue weighted by atomic mass is 9.85. The van der Waals surface area contributed by atoms with Crippen molar-refractivity contribution < 1.29 is 45.4 Å². The number of likely N-dealkylation sites (tertiary alicyclic amines) is 2. The van der Waals surface area contributed by atoms with Crippen LogP contribution in [0.4, 0.5) is 31.1 Å². The minimum absolute atomic E-state index is 0.0348. The minimum atomic E-state index is -5.77. The van der Waals surface area contributed by atoms with Crippen LogP contribution in [0, 0.1) is 17.2 Å². The molecule has 0 N–H and O–H groups in total. The van der Waals surface area contributed by atoms with Crippen LogP contribution >= 0.6 is 0 Å². The van der Waals surface area contributed by atoms with E-state index in [-0.39, 0.29) is 25.2 Å². The van der Waals surface area contributed by atoms with Crippen molar-refractivity contribution in [1.82, 2.24) is 9.80 Å². The van der Waals surface area contributed by atoms with Crippen molar-refractivity contribution in [2.45, 2.75) is 76.0 Å². The normalized spacial score (nSPS) is 20.8. The van der Waals surface area contributed by atoms with Gasteiger partial charge in [0.15, 0.2) is 0 Å². The lowest BCUT2D eigenvalue weighted by Crippen LogP contribution is -2.54. The van der Waals surface area contributed by atoms with Gasteiger partial charge in [0.05, 0.1) is 5.41 Å². The molecule has 2 saturated heterocycles. The van der Waals surface area contributed by atoms with Crippen molar-refractivity contribution >= 4 is 12.0 Å². The van der Waals surface area contributed by atoms with E-state index in [0.717, 1.165) is 28.9 Å². The first-order chi connectivity index (χ1) is 18.2. The molecule has 3 aliphatic rings. The number of ether oxygens (including phenoxy) is 2. The Hall–Kier alpha value is -2.90. The third kappa shape index (κ3) is 6.30. The highest BCUT2D eigenvalue weighted by Gasteiger charge is 2.60. The number of carbonyl (C=O) groups excluding carboxylic acids is 2. The fraction of sp³-hybridized carbons (Fsp3) is 0.680. The van der Waals surface area contributed by atoms with Crippen LogP contribution in [0.3, 0.4) is 0 Å². The maximum Gasteiger partial charge on any atom is 0.434 e. The number of alkyl halides is 6. The van der Waals surface area contributed by atoms with Gasteiger partial charge in [-0.2, -0.15) is 26.3 Å². The quantitative estimate of drug-likeness (QED) is 0.320. The number of nitroso groups, excluding NO2 is 1. The monoisotopic (exact) mass is 565 g/mol. The Kier molecular flexibility index (Phi) is 7.89. The van der Waals surface area contributed by atoms with Gasteiger partial charge in [0.2, 0.25) is 0 Å². The lowest BCUT2D eigenvalue weighted by molar-refractivity contribution is -0.308. The van der Waals surface area contributed by atoms with Gasteiger partial charge in [-0.3, -0.25) is 9.69 Å². The topological polar surface area (TPSA) is 88.5 Å². The van der Waals surface area contributed by atoms with Crippen LogP contribution in [0.2, 0.25) is 0 Å². The van der Waals surface area contributed by atoms with Crippen LogP contribution in [0.25, 0.3) is 0 Å². The Morgan fingerprint density at radius 2 is 1.64 bits per heavy atom. The number of piperidine rings is 1. The van der Waals surface area contributed by atoms with Crippen LogP contribution in [0.1, 0.15) is 49.7 Å². The summed E-state index contributed by atoms with van der Waals surface area (Å²) in [6.07, 6.45) is -14.0. The standard InChI is InChI=1S/C25H29F6N3O5/c1-16-3-4-17(18(13-16)38-15-22(6-7-22)20(35)32-37)14-34-10-2-5-23(34)8-11-33(12-9-23)21(36)39-19(24(26,27)28)25(29,30)31/h3-4,13,19H,2,5-12,14-15H2,1H3. The number of halogens is 6. The molecule has 4 rings (SSSR count). The van der Waals surface area contributed by atoms with E-state index in [4.69, 9.17) is 4.74 Å². The zero-order valence-corrected chi connectivity index (χ0v) is 21.2. The molecule has 216 valence electrons. The van der Waals surface area contributed by atoms with Gasteiger partial charge in [0.1, 0.15) is 12.4 Å². The molecule has 1 aromatic rings. The van der Waals surface area contributed by atoms with Gasteiger partial charge in [0.25, 0.3) is 12.0 Å². The van der Waals surface area contributed by atoms with Gasteiger partial charge in [-0.05, 0) is 63.6 Å². The van der Waals surface area contributed by atoms with E-state index in [1.165, 1.54) is 0 Å². The summed E-state index contributed by atoms with van der Waals surface area (Å²) in [7, 11) is 0. The molecule has 2 heterocycles. The Balaban J connectivity index is 1.41. The third-order valence-corrected chi connectivity index (χ3v) is 7.98. The molecule has 2 amide bonds. The van der Waals surface area contributed by atoms with Crippen molar-refractivity contribution in [1.29, 1.82) is 0 Å². The summed E-state index contributed by atoms with van der Waals surface area (Å²) in [6.45, 7) is 3.00. The first-order valence-corrected chi connectivity index (χ1v) is 12.6. The molecular formula is C25H29F6N3O5. The number of nitrogens with zero attached hydrogens (tertiary/aromatic N) is 3. The summed E-state index contributed by atoms with van der Waals surface area (Å²) in [5.41, 5.74) is 0.499. The number of hydrogen-bond donors (Lipinski definition) is 0. The zero-order chi connectivity index (χ0) is 28.6. The largest absolute Gasteiger partial charge is 0.492 e. The molecule has 8 nitrogen and oxygen atoms in total. The molecule has 3 fully saturated rings. The van der Waals surface area contributed by atoms with Crippen molar-refractivity contribution in [3.8, 4) is 5.75 Å². The van der Waals surface area contributed by atoms with Gasteiger partial charge in [-0.15, -0.1) is 4.91 Å². The van der Waals surface area contributed by atoms with Crippen molar-refractivity contribution in [3.05, 3.63) is 34.2 Å². The molecule has 0 bridgehead atoms. The van der Waals surface area contributed by atoms with Gasteiger partial charge in [-0.1, -0.05) is 12.1 Å². The van der Waals surface area contributed by atoms with E-state index >= 15 is 0 Å². The third-order valence-electron chi connectivity index (χ3n) is 7.98. The number of carbonyl (C=O) groups is 2. The molecule has 2 aliphatic heterocycles. The van der Waals surface area contributed by atoms with Crippen LogP contribution in [0.15, 0.2) is 23.4 Å². The van der Waals surface area contributed by atoms with E-state index in [1.807, 2.05) is 25.1 Å². The summed E-state index contributed by atoms with van der Waals surface area (Å²) in [5, 5.41) is 2.55. The second-order valence-corrected chi connectivity index (χ2v) is 10.7. The molecule has 1 aromatic carbocycles. The summed E-state index contributed by atoms with van der Waals surface area (Å²) in [6, 6.07) is 5.65. The van der Waals surface area contributed by atoms with E-state index in [1.54, 1.807) is 0 Å². The molecule has 0 radical (unpaired) electrons. The number of aryl methyl sites for hydroxylation is 1. The average Bonchev–Trinajstić information content (AvgIpc) is 3.57. The summed E-state index contributed by atoms with van der Waals surface area (Å²) in [4.78, 5) is 37.9. The summed E-state index contributed by atoms with van der Waals surface area (Å²) in [5.74, 6) is -0.161. The van der Waals surface area contributed by atoms with E-state index < -0.39 is 35.9 Å². The summed E-state index contributed by atoms with van der Waals surface area (Å²) >= 11 is 0. The van der Waals surface area contributed by atoms with Gasteiger partial charge >= 0.3 is 18.4 Å². The second-order valence-electron chi connectivity index (χ2n) is 10.7. The van der Waals surface area contributed by atoms with E-state index in [0.29, 0.717) is 44.5 Å². The number of rotatable bonds is 7. The highest BCUT2D eigenvalue weighted by molar-refractivity contribution is 5.86. The first-order valence-electron chi connectivity index (χ1n) is 12.6. The Morgan fingerprint density at radius 1 is 1.00 bits per heavy atom. The van der Waals surface area contributed by atoms with Gasteiger partial charge in [-0.25, -0.2) is 4.79 Å². The minimum Gasteiger partial charge on any atom is -0.492 e. The molecule has 1 aliphatic carbocycles. The molecular weight excluding hydrogens is 536 g/mol. The number of benzene rings is 1. The fourth-order valence-electron chi connectivity index (χ4n) is 5.42. The number of hydrogen-bond acceptors (Lipinski definition) is 6. The van der Waals surface area contributed by atoms with Crippen LogP contribution in [0.5, 0.6) is 5.75 Å². The van der Waals surface area contributed by atoms with Gasteiger partial charge < -0.3 is 14.4 Å². The maximum atomic E-state index is 12.8. The van der Waals surface area contributed by atoms with Crippen LogP contribution < -0.4 is 4.74 Å². The molecule has 39 heavy (non-hydrogen) atoms. The fourth-order valence-corrected chi connectivity index (χ4v) is 5.42. The average molecular weight is 566 g/mol. The first kappa shape index (κ1) is 29.1. The molecule has 0 aromatic heterocycles. The van der Waals surface area contributed by atoms with E-state index in [2.05, 4.69) is 14.8 Å². The Labute approximate surface area is 220 Å². The lowest BCUT2D eigenvalue weighted by Gasteiger charge is -2.45. The molecule has 14 heteroatoms. The number of amides is 2. The van der Waals surface area contributed by atoms with Crippen LogP contribution in [-0.4, -0.2) is 72.0 Å². The Morgan fingerprint density at radius 3 is 2.21 bits per heavy atom. The van der Waals surface area contributed by atoms with Crippen molar-refractivity contribution in [3.63, 3.8) is 0 Å². The van der Waals surface area contributed by atoms with E-state index in [9.17, 15) is 40.8 Å². The molecule has 0 atom stereocenters. The van der Waals surface area contributed by atoms with Gasteiger partial charge in [0, 0.05) is 35.9 Å². The predicted molar refractivity (Wildman–Crippen MR) is 125 cm³/mol. The second kappa shape index (κ2) is 10.6. The Bertz CT molecular complexity index is 1080. The summed E-state index contributed by atoms with van der Waals surface area (Å²) < 4.78 is 86.7. The molecule has 1 spiro atoms. The molecule has 0 unspecified atom stereocenters. The smallest absolute Gasteiger partial charge is 0.434 e. The maximum absolute atomic E-state index is 12.8. The predicted octanol–water partition coefficient (Wildman–Crippen LogP) is 5.51. The highest BCUT2D eigenvalue weighted by atomic mass is 19.4. The van der Waals surface area contributed by atoms with Crippen molar-refractivity contribution in [2.75, 3.05) is 26.2 Å². The van der Waals surface area contributed by atoms with Crippen LogP contribution in [-0.2, 0) is 16.1 Å². The zero-order valence-electron chi connectivity index (χ0n) is 21.2. The van der Waals surface area contributed by atoms with Crippen molar-refractivity contribution in [2.24, 2.45) is 10.6 Å². The molecule has 1 saturated carbocycles.